The molecule has 0 N–H and O–H groups in total. The van der Waals surface area contributed by atoms with Gasteiger partial charge in [0.1, 0.15) is 6.61 Å². The van der Waals surface area contributed by atoms with E-state index in [9.17, 15) is 4.79 Å². The minimum Gasteiger partial charge on any atom is -0.367 e. The van der Waals surface area contributed by atoms with E-state index in [1.807, 2.05) is 0 Å². The molecule has 0 aromatic carbocycles. The van der Waals surface area contributed by atoms with Crippen molar-refractivity contribution in [1.82, 2.24) is 4.98 Å². The second kappa shape index (κ2) is 2.84. The summed E-state index contributed by atoms with van der Waals surface area (Å²) in [4.78, 5) is 15.1. The average molecular weight is 186 g/mol. The Hall–Kier alpha value is -0.930. The molecule has 0 amide bonds. The number of halogens is 1. The van der Waals surface area contributed by atoms with E-state index in [0.29, 0.717) is 5.02 Å². The zero-order valence-corrected chi connectivity index (χ0v) is 6.76. The predicted octanol–water partition coefficient (Wildman–Crippen LogP) is 1.45. The van der Waals surface area contributed by atoms with Gasteiger partial charge in [-0.3, -0.25) is 9.78 Å². The highest BCUT2D eigenvalue weighted by molar-refractivity contribution is 6.30. The first-order chi connectivity index (χ1) is 6.50. The summed E-state index contributed by atoms with van der Waals surface area (Å²) in [5.41, 5.74) is 0.201. The summed E-state index contributed by atoms with van der Waals surface area (Å²) in [6.45, 7) is -2.28. The number of pyridine rings is 1. The Morgan fingerprint density at radius 2 is 2.58 bits per heavy atom. The van der Waals surface area contributed by atoms with Crippen LogP contribution in [0, 0.1) is 0 Å². The maximum atomic E-state index is 11.3. The van der Waals surface area contributed by atoms with Gasteiger partial charge in [0.15, 0.2) is 5.78 Å². The van der Waals surface area contributed by atoms with Crippen molar-refractivity contribution < 1.29 is 12.3 Å². The standard InChI is InChI=1S/C8H6ClNO2/c9-5-1-6-7(10-2-5)3-12-4-8(6)11/h1-2H,3-4H2/i3D2. The van der Waals surface area contributed by atoms with Gasteiger partial charge in [-0.1, -0.05) is 11.6 Å². The number of carbonyl (C=O) groups excluding carboxylic acids is 1. The minimum absolute atomic E-state index is 0.00171. The third-order valence-electron chi connectivity index (χ3n) is 1.53. The largest absolute Gasteiger partial charge is 0.367 e. The van der Waals surface area contributed by atoms with Crippen molar-refractivity contribution in [3.8, 4) is 0 Å². The van der Waals surface area contributed by atoms with Crippen LogP contribution in [-0.2, 0) is 11.3 Å². The van der Waals surface area contributed by atoms with Crippen LogP contribution in [0.2, 0.25) is 5.02 Å². The van der Waals surface area contributed by atoms with E-state index in [2.05, 4.69) is 4.98 Å². The van der Waals surface area contributed by atoms with Gasteiger partial charge in [-0.25, -0.2) is 0 Å². The second-order valence-electron chi connectivity index (χ2n) is 2.36. The van der Waals surface area contributed by atoms with Crippen molar-refractivity contribution in [2.75, 3.05) is 6.61 Å². The number of fused-ring (bicyclic) bond motifs is 1. The van der Waals surface area contributed by atoms with Crippen LogP contribution in [0.5, 0.6) is 0 Å². The third kappa shape index (κ3) is 1.21. The summed E-state index contributed by atoms with van der Waals surface area (Å²) >= 11 is 5.66. The van der Waals surface area contributed by atoms with E-state index in [4.69, 9.17) is 19.1 Å². The Balaban J connectivity index is 2.63. The summed E-state index contributed by atoms with van der Waals surface area (Å²) < 4.78 is 19.6. The van der Waals surface area contributed by atoms with E-state index < -0.39 is 6.56 Å². The molecule has 2 rings (SSSR count). The maximum Gasteiger partial charge on any atom is 0.190 e. The Kier molecular flexibility index (Phi) is 1.34. The molecule has 4 heteroatoms. The van der Waals surface area contributed by atoms with Gasteiger partial charge in [0.2, 0.25) is 0 Å². The smallest absolute Gasteiger partial charge is 0.190 e. The lowest BCUT2D eigenvalue weighted by Gasteiger charge is -2.13. The van der Waals surface area contributed by atoms with Crippen molar-refractivity contribution in [3.05, 3.63) is 28.5 Å². The Morgan fingerprint density at radius 1 is 1.75 bits per heavy atom. The molecule has 2 heterocycles. The summed E-state index contributed by atoms with van der Waals surface area (Å²) in [5, 5.41) is 0.315. The third-order valence-corrected chi connectivity index (χ3v) is 1.73. The van der Waals surface area contributed by atoms with Crippen molar-refractivity contribution in [3.63, 3.8) is 0 Å². The van der Waals surface area contributed by atoms with Crippen LogP contribution in [-0.4, -0.2) is 17.4 Å². The summed E-state index contributed by atoms with van der Waals surface area (Å²) in [6.07, 6.45) is 1.29. The Bertz CT molecular complexity index is 408. The first kappa shape index (κ1) is 5.67. The van der Waals surface area contributed by atoms with Gasteiger partial charge in [-0.15, -0.1) is 0 Å². The quantitative estimate of drug-likeness (QED) is 0.614. The molecule has 1 aromatic heterocycles. The summed E-state index contributed by atoms with van der Waals surface area (Å²) in [6, 6.07) is 1.41. The molecule has 0 saturated heterocycles. The number of hydrogen-bond donors (Lipinski definition) is 0. The SMILES string of the molecule is [2H]C1([2H])OCC(=O)c2cc(Cl)cnc21. The molecule has 0 saturated carbocycles. The van der Waals surface area contributed by atoms with Crippen molar-refractivity contribution >= 4 is 17.4 Å². The number of ketones is 1. The molecule has 0 atom stereocenters. The molecule has 3 nitrogen and oxygen atoms in total. The molecule has 0 unspecified atom stereocenters. The number of carbonyl (C=O) groups is 1. The lowest BCUT2D eigenvalue weighted by molar-refractivity contribution is 0.0655. The molecule has 0 bridgehead atoms. The van der Waals surface area contributed by atoms with Gasteiger partial charge in [0, 0.05) is 11.8 Å². The summed E-state index contributed by atoms with van der Waals surface area (Å²) in [5.74, 6) is -0.301. The highest BCUT2D eigenvalue weighted by atomic mass is 35.5. The van der Waals surface area contributed by atoms with Gasteiger partial charge < -0.3 is 4.74 Å². The number of nitrogens with zero attached hydrogens (tertiary/aromatic N) is 1. The zero-order chi connectivity index (χ0) is 10.3. The molecule has 62 valence electrons. The average Bonchev–Trinajstić information content (AvgIpc) is 2.12. The molecule has 0 spiro atoms. The zero-order valence-electron chi connectivity index (χ0n) is 8.00. The molecule has 1 aliphatic heterocycles. The van der Waals surface area contributed by atoms with Crippen molar-refractivity contribution in [2.45, 2.75) is 6.56 Å². The highest BCUT2D eigenvalue weighted by Crippen LogP contribution is 2.18. The molecule has 12 heavy (non-hydrogen) atoms. The molecular formula is C8H6ClNO2. The van der Waals surface area contributed by atoms with Crippen molar-refractivity contribution in [1.29, 1.82) is 0 Å². The number of rotatable bonds is 0. The number of Topliss-reactive ketones (excluding diaryl/α,β-unsaturated/α-hetero) is 1. The molecule has 0 aliphatic carbocycles. The van der Waals surface area contributed by atoms with Crippen LogP contribution >= 0.6 is 11.6 Å². The Morgan fingerprint density at radius 3 is 3.42 bits per heavy atom. The van der Waals surface area contributed by atoms with Crippen LogP contribution in [0.25, 0.3) is 0 Å². The van der Waals surface area contributed by atoms with E-state index in [1.165, 1.54) is 12.3 Å². The summed E-state index contributed by atoms with van der Waals surface area (Å²) in [7, 11) is 0. The predicted molar refractivity (Wildman–Crippen MR) is 43.2 cm³/mol. The number of ether oxygens (including phenoxy) is 1. The highest BCUT2D eigenvalue weighted by Gasteiger charge is 2.18. The normalized spacial score (nSPS) is 22.6. The lowest BCUT2D eigenvalue weighted by Crippen LogP contribution is -2.19. The number of aromatic nitrogens is 1. The topological polar surface area (TPSA) is 39.2 Å². The van der Waals surface area contributed by atoms with Crippen LogP contribution < -0.4 is 0 Å². The van der Waals surface area contributed by atoms with Crippen LogP contribution in [0.4, 0.5) is 0 Å². The van der Waals surface area contributed by atoms with Gasteiger partial charge in [0.25, 0.3) is 0 Å². The minimum atomic E-state index is -2.01. The second-order valence-corrected chi connectivity index (χ2v) is 2.80. The van der Waals surface area contributed by atoms with E-state index in [0.717, 1.165) is 0 Å². The van der Waals surface area contributed by atoms with Crippen LogP contribution in [0.3, 0.4) is 0 Å². The molecule has 0 fully saturated rings. The Labute approximate surface area is 77.1 Å². The molecular weight excluding hydrogens is 178 g/mol. The van der Waals surface area contributed by atoms with E-state index >= 15 is 0 Å². The van der Waals surface area contributed by atoms with E-state index in [-0.39, 0.29) is 23.6 Å². The maximum absolute atomic E-state index is 11.3. The first-order valence-corrected chi connectivity index (χ1v) is 3.72. The fourth-order valence-corrected chi connectivity index (χ4v) is 1.14. The monoisotopic (exact) mass is 185 g/mol. The van der Waals surface area contributed by atoms with Gasteiger partial charge in [0.05, 0.1) is 20.0 Å². The molecule has 0 radical (unpaired) electrons. The van der Waals surface area contributed by atoms with Gasteiger partial charge >= 0.3 is 0 Å². The lowest BCUT2D eigenvalue weighted by atomic mass is 10.1. The van der Waals surface area contributed by atoms with Crippen LogP contribution in [0.1, 0.15) is 18.8 Å². The first-order valence-electron chi connectivity index (χ1n) is 4.34. The van der Waals surface area contributed by atoms with Crippen molar-refractivity contribution in [2.24, 2.45) is 0 Å². The molecule has 1 aromatic rings. The number of hydrogen-bond acceptors (Lipinski definition) is 3. The fraction of sp³-hybridized carbons (Fsp3) is 0.250. The molecule has 1 aliphatic rings. The van der Waals surface area contributed by atoms with Gasteiger partial charge in [-0.05, 0) is 6.07 Å². The van der Waals surface area contributed by atoms with E-state index in [1.54, 1.807) is 0 Å². The van der Waals surface area contributed by atoms with Gasteiger partial charge in [-0.2, -0.15) is 0 Å². The van der Waals surface area contributed by atoms with Crippen LogP contribution in [0.15, 0.2) is 12.3 Å². The fourth-order valence-electron chi connectivity index (χ4n) is 0.981.